The van der Waals surface area contributed by atoms with Gasteiger partial charge in [0.05, 0.1) is 0 Å². The zero-order valence-electron chi connectivity index (χ0n) is 14.5. The fraction of sp³-hybridized carbons (Fsp3) is 0.722. The van der Waals surface area contributed by atoms with E-state index in [0.29, 0.717) is 12.0 Å². The van der Waals surface area contributed by atoms with Crippen LogP contribution in [0.5, 0.6) is 0 Å². The molecule has 3 nitrogen and oxygen atoms in total. The first-order valence-corrected chi connectivity index (χ1v) is 8.48. The molecule has 3 heteroatoms. The molecule has 1 aromatic heterocycles. The summed E-state index contributed by atoms with van der Waals surface area (Å²) in [7, 11) is 0. The van der Waals surface area contributed by atoms with Crippen LogP contribution < -0.4 is 10.6 Å². The van der Waals surface area contributed by atoms with Crippen LogP contribution in [-0.4, -0.2) is 23.6 Å². The van der Waals surface area contributed by atoms with Gasteiger partial charge in [0.15, 0.2) is 0 Å². The summed E-state index contributed by atoms with van der Waals surface area (Å²) in [5.41, 5.74) is 7.26. The second kappa shape index (κ2) is 9.04. The van der Waals surface area contributed by atoms with Crippen LogP contribution in [0.25, 0.3) is 0 Å². The molecule has 1 aromatic rings. The van der Waals surface area contributed by atoms with E-state index in [0.717, 1.165) is 38.0 Å². The lowest BCUT2D eigenvalue weighted by Gasteiger charge is -2.33. The quantitative estimate of drug-likeness (QED) is 0.747. The van der Waals surface area contributed by atoms with Crippen molar-refractivity contribution < 1.29 is 0 Å². The standard InChI is InChI=1S/C18H33N3/c1-6-16(19)11-15-9-10-18(20-12-15)21(13-14(4)5)17(7-2)8-3/h9-10,12,14,16-17H,6-8,11,13,19H2,1-5H3. The molecule has 0 aliphatic rings. The van der Waals surface area contributed by atoms with Crippen LogP contribution in [0.1, 0.15) is 59.4 Å². The Bertz CT molecular complexity index is 382. The first kappa shape index (κ1) is 18.0. The molecule has 1 unspecified atom stereocenters. The summed E-state index contributed by atoms with van der Waals surface area (Å²) in [6.45, 7) is 12.2. The highest BCUT2D eigenvalue weighted by Gasteiger charge is 2.18. The lowest BCUT2D eigenvalue weighted by Crippen LogP contribution is -2.38. The van der Waals surface area contributed by atoms with Crippen molar-refractivity contribution in [1.29, 1.82) is 0 Å². The van der Waals surface area contributed by atoms with E-state index in [4.69, 9.17) is 10.7 Å². The summed E-state index contributed by atoms with van der Waals surface area (Å²) in [5.74, 6) is 1.74. The highest BCUT2D eigenvalue weighted by Crippen LogP contribution is 2.20. The largest absolute Gasteiger partial charge is 0.353 e. The molecule has 0 radical (unpaired) electrons. The summed E-state index contributed by atoms with van der Waals surface area (Å²) in [5, 5.41) is 0. The van der Waals surface area contributed by atoms with Gasteiger partial charge in [-0.1, -0.05) is 40.7 Å². The van der Waals surface area contributed by atoms with Gasteiger partial charge in [-0.15, -0.1) is 0 Å². The van der Waals surface area contributed by atoms with Crippen LogP contribution in [-0.2, 0) is 6.42 Å². The van der Waals surface area contributed by atoms with Crippen molar-refractivity contribution in [2.24, 2.45) is 11.7 Å². The second-order valence-electron chi connectivity index (χ2n) is 6.41. The Morgan fingerprint density at radius 3 is 2.19 bits per heavy atom. The summed E-state index contributed by atoms with van der Waals surface area (Å²) in [6.07, 6.45) is 6.25. The third-order valence-electron chi connectivity index (χ3n) is 4.07. The van der Waals surface area contributed by atoms with Crippen LogP contribution in [0.3, 0.4) is 0 Å². The molecule has 0 amide bonds. The van der Waals surface area contributed by atoms with Crippen LogP contribution in [0.15, 0.2) is 18.3 Å². The second-order valence-corrected chi connectivity index (χ2v) is 6.41. The van der Waals surface area contributed by atoms with Crippen molar-refractivity contribution in [3.63, 3.8) is 0 Å². The fourth-order valence-electron chi connectivity index (χ4n) is 2.71. The first-order chi connectivity index (χ1) is 10.0. The van der Waals surface area contributed by atoms with Gasteiger partial charge in [0.1, 0.15) is 5.82 Å². The smallest absolute Gasteiger partial charge is 0.128 e. The minimum absolute atomic E-state index is 0.239. The Morgan fingerprint density at radius 2 is 1.76 bits per heavy atom. The molecule has 0 fully saturated rings. The molecular weight excluding hydrogens is 258 g/mol. The van der Waals surface area contributed by atoms with Crippen molar-refractivity contribution in [3.8, 4) is 0 Å². The topological polar surface area (TPSA) is 42.1 Å². The van der Waals surface area contributed by atoms with Crippen LogP contribution >= 0.6 is 0 Å². The molecular formula is C18H33N3. The zero-order chi connectivity index (χ0) is 15.8. The number of hydrogen-bond donors (Lipinski definition) is 1. The Hall–Kier alpha value is -1.09. The molecule has 0 spiro atoms. The molecule has 21 heavy (non-hydrogen) atoms. The minimum Gasteiger partial charge on any atom is -0.353 e. The van der Waals surface area contributed by atoms with Gasteiger partial charge in [-0.05, 0) is 43.2 Å². The van der Waals surface area contributed by atoms with Crippen LogP contribution in [0.4, 0.5) is 5.82 Å². The van der Waals surface area contributed by atoms with Gasteiger partial charge in [-0.25, -0.2) is 4.98 Å². The molecule has 1 atom stereocenters. The van der Waals surface area contributed by atoms with E-state index in [2.05, 4.69) is 51.7 Å². The van der Waals surface area contributed by atoms with Gasteiger partial charge in [-0.2, -0.15) is 0 Å². The van der Waals surface area contributed by atoms with E-state index in [1.54, 1.807) is 0 Å². The Balaban J connectivity index is 2.87. The molecule has 0 saturated heterocycles. The predicted octanol–water partition coefficient (Wildman–Crippen LogP) is 4.01. The van der Waals surface area contributed by atoms with Gasteiger partial charge in [0.25, 0.3) is 0 Å². The highest BCUT2D eigenvalue weighted by molar-refractivity contribution is 5.41. The summed E-state index contributed by atoms with van der Waals surface area (Å²) in [4.78, 5) is 7.17. The van der Waals surface area contributed by atoms with Crippen molar-refractivity contribution in [1.82, 2.24) is 4.98 Å². The number of pyridine rings is 1. The lowest BCUT2D eigenvalue weighted by molar-refractivity contribution is 0.503. The maximum atomic E-state index is 6.02. The monoisotopic (exact) mass is 291 g/mol. The van der Waals surface area contributed by atoms with Crippen LogP contribution in [0.2, 0.25) is 0 Å². The maximum absolute atomic E-state index is 6.02. The Morgan fingerprint density at radius 1 is 1.10 bits per heavy atom. The number of nitrogens with zero attached hydrogens (tertiary/aromatic N) is 2. The first-order valence-electron chi connectivity index (χ1n) is 8.48. The molecule has 120 valence electrons. The third-order valence-corrected chi connectivity index (χ3v) is 4.07. The van der Waals surface area contributed by atoms with E-state index in [9.17, 15) is 0 Å². The summed E-state index contributed by atoms with van der Waals surface area (Å²) in [6, 6.07) is 5.17. The lowest BCUT2D eigenvalue weighted by atomic mass is 10.1. The van der Waals surface area contributed by atoms with Crippen molar-refractivity contribution >= 4 is 5.82 Å². The highest BCUT2D eigenvalue weighted by atomic mass is 15.2. The van der Waals surface area contributed by atoms with E-state index in [1.807, 2.05) is 6.20 Å². The number of aromatic nitrogens is 1. The number of nitrogens with two attached hydrogens (primary N) is 1. The molecule has 0 aliphatic heterocycles. The van der Waals surface area contributed by atoms with E-state index < -0.39 is 0 Å². The normalized spacial score (nSPS) is 13.0. The SMILES string of the molecule is CCC(N)Cc1ccc(N(CC(C)C)C(CC)CC)nc1. The number of hydrogen-bond acceptors (Lipinski definition) is 3. The Kier molecular flexibility index (Phi) is 7.73. The van der Waals surface area contributed by atoms with Crippen LogP contribution in [0, 0.1) is 5.92 Å². The molecule has 1 heterocycles. The van der Waals surface area contributed by atoms with Gasteiger partial charge in [-0.3, -0.25) is 0 Å². The van der Waals surface area contributed by atoms with Gasteiger partial charge >= 0.3 is 0 Å². The van der Waals surface area contributed by atoms with Gasteiger partial charge in [0.2, 0.25) is 0 Å². The molecule has 2 N–H and O–H groups in total. The third kappa shape index (κ3) is 5.66. The Labute approximate surface area is 130 Å². The van der Waals surface area contributed by atoms with Gasteiger partial charge < -0.3 is 10.6 Å². The summed E-state index contributed by atoms with van der Waals surface area (Å²) < 4.78 is 0. The van der Waals surface area contributed by atoms with Crippen molar-refractivity contribution in [2.75, 3.05) is 11.4 Å². The average molecular weight is 291 g/mol. The molecule has 0 aromatic carbocycles. The predicted molar refractivity (Wildman–Crippen MR) is 92.8 cm³/mol. The number of anilines is 1. The van der Waals surface area contributed by atoms with Crippen molar-refractivity contribution in [2.45, 2.75) is 72.4 Å². The van der Waals surface area contributed by atoms with E-state index in [1.165, 1.54) is 5.56 Å². The van der Waals surface area contributed by atoms with Gasteiger partial charge in [0, 0.05) is 24.8 Å². The zero-order valence-corrected chi connectivity index (χ0v) is 14.5. The molecule has 0 saturated carbocycles. The molecule has 0 bridgehead atoms. The van der Waals surface area contributed by atoms with E-state index in [-0.39, 0.29) is 6.04 Å². The van der Waals surface area contributed by atoms with E-state index >= 15 is 0 Å². The van der Waals surface area contributed by atoms with Crippen molar-refractivity contribution in [3.05, 3.63) is 23.9 Å². The minimum atomic E-state index is 0.239. The average Bonchev–Trinajstić information content (AvgIpc) is 2.47. The molecule has 1 rings (SSSR count). The maximum Gasteiger partial charge on any atom is 0.128 e. The molecule has 0 aliphatic carbocycles. The fourth-order valence-corrected chi connectivity index (χ4v) is 2.71. The number of rotatable bonds is 9. The summed E-state index contributed by atoms with van der Waals surface area (Å²) >= 11 is 0.